The van der Waals surface area contributed by atoms with Gasteiger partial charge in [0.1, 0.15) is 6.04 Å². The van der Waals surface area contributed by atoms with Crippen molar-refractivity contribution in [1.82, 2.24) is 0 Å². The summed E-state index contributed by atoms with van der Waals surface area (Å²) in [6.07, 6.45) is 9.23. The highest BCUT2D eigenvalue weighted by molar-refractivity contribution is 6.32. The van der Waals surface area contributed by atoms with E-state index in [0.29, 0.717) is 0 Å². The highest BCUT2D eigenvalue weighted by Crippen LogP contribution is 2.37. The van der Waals surface area contributed by atoms with Crippen LogP contribution in [0.2, 0.25) is 0 Å². The molecule has 1 aliphatic heterocycles. The van der Waals surface area contributed by atoms with E-state index in [4.69, 9.17) is 4.99 Å². The van der Waals surface area contributed by atoms with Gasteiger partial charge in [-0.25, -0.2) is 4.99 Å². The van der Waals surface area contributed by atoms with E-state index in [1.165, 1.54) is 11.1 Å². The topological polar surface area (TPSA) is 24.7 Å². The first kappa shape index (κ1) is 10.2. The van der Waals surface area contributed by atoms with Crippen molar-refractivity contribution < 1.29 is 0 Å². The highest BCUT2D eigenvalue weighted by Gasteiger charge is 2.26. The van der Waals surface area contributed by atoms with E-state index in [2.05, 4.69) is 48.3 Å². The molecule has 84 valence electrons. The Labute approximate surface area is 101 Å². The molecule has 0 aromatic heterocycles. The molecule has 1 heterocycles. The molecule has 2 nitrogen and oxygen atoms in total. The minimum atomic E-state index is 0.0855. The lowest BCUT2D eigenvalue weighted by Crippen LogP contribution is -2.17. The van der Waals surface area contributed by atoms with E-state index in [-0.39, 0.29) is 6.04 Å². The number of hydrogen-bond acceptors (Lipinski definition) is 2. The zero-order valence-electron chi connectivity index (χ0n) is 9.80. The van der Waals surface area contributed by atoms with Gasteiger partial charge in [0.05, 0.1) is 11.4 Å². The fraction of sp³-hybridized carbons (Fsp3) is 0.200. The van der Waals surface area contributed by atoms with Crippen LogP contribution in [0.1, 0.15) is 18.9 Å². The maximum Gasteiger partial charge on any atom is 0.111 e. The summed E-state index contributed by atoms with van der Waals surface area (Å²) in [6, 6.07) is 8.35. The summed E-state index contributed by atoms with van der Waals surface area (Å²) in [5, 5.41) is 0. The van der Waals surface area contributed by atoms with Gasteiger partial charge in [0.25, 0.3) is 0 Å². The molecule has 1 atom stereocenters. The standard InChI is InChI=1S/C15H14N2/c1-2-10-16-14-9-5-7-12-11-6-3-4-8-13(11)17-15(12)14/h3-10,14H,2H2,1H3. The molecule has 1 aromatic carbocycles. The zero-order valence-corrected chi connectivity index (χ0v) is 9.80. The van der Waals surface area contributed by atoms with Crippen LogP contribution in [0.3, 0.4) is 0 Å². The van der Waals surface area contributed by atoms with Gasteiger partial charge in [0.15, 0.2) is 0 Å². The summed E-state index contributed by atoms with van der Waals surface area (Å²) < 4.78 is 0. The Hall–Kier alpha value is -1.96. The van der Waals surface area contributed by atoms with Crippen LogP contribution >= 0.6 is 0 Å². The number of allylic oxidation sites excluding steroid dienone is 2. The quantitative estimate of drug-likeness (QED) is 0.683. The van der Waals surface area contributed by atoms with Gasteiger partial charge in [-0.3, -0.25) is 4.99 Å². The second kappa shape index (κ2) is 4.13. The van der Waals surface area contributed by atoms with Crippen LogP contribution in [0.25, 0.3) is 5.57 Å². The highest BCUT2D eigenvalue weighted by atomic mass is 14.9. The minimum Gasteiger partial charge on any atom is -0.284 e. The molecule has 0 saturated carbocycles. The third-order valence-electron chi connectivity index (χ3n) is 3.00. The molecule has 1 aliphatic carbocycles. The predicted octanol–water partition coefficient (Wildman–Crippen LogP) is 3.58. The Balaban J connectivity index is 2.03. The van der Waals surface area contributed by atoms with Crippen molar-refractivity contribution in [2.45, 2.75) is 19.4 Å². The summed E-state index contributed by atoms with van der Waals surface area (Å²) in [7, 11) is 0. The van der Waals surface area contributed by atoms with Gasteiger partial charge < -0.3 is 0 Å². The Kier molecular flexibility index (Phi) is 2.48. The molecule has 0 amide bonds. The summed E-state index contributed by atoms with van der Waals surface area (Å²) in [5.41, 5.74) is 4.59. The Morgan fingerprint density at radius 3 is 3.12 bits per heavy atom. The maximum absolute atomic E-state index is 4.69. The molecule has 0 fully saturated rings. The van der Waals surface area contributed by atoms with Gasteiger partial charge in [-0.1, -0.05) is 43.4 Å². The van der Waals surface area contributed by atoms with Crippen LogP contribution in [0.5, 0.6) is 0 Å². The van der Waals surface area contributed by atoms with Crippen molar-refractivity contribution in [3.8, 4) is 0 Å². The molecule has 2 heteroatoms. The Morgan fingerprint density at radius 2 is 2.24 bits per heavy atom. The second-order valence-corrected chi connectivity index (χ2v) is 4.16. The van der Waals surface area contributed by atoms with Crippen LogP contribution in [0.4, 0.5) is 5.69 Å². The molecule has 0 N–H and O–H groups in total. The normalized spacial score (nSPS) is 21.1. The summed E-state index contributed by atoms with van der Waals surface area (Å²) in [5.74, 6) is 0. The Bertz CT molecular complexity index is 562. The van der Waals surface area contributed by atoms with Gasteiger partial charge in [-0.2, -0.15) is 0 Å². The van der Waals surface area contributed by atoms with Crippen LogP contribution in [0.15, 0.2) is 52.5 Å². The minimum absolute atomic E-state index is 0.0855. The molecule has 17 heavy (non-hydrogen) atoms. The first-order valence-electron chi connectivity index (χ1n) is 5.98. The average Bonchev–Trinajstić information content (AvgIpc) is 2.75. The third kappa shape index (κ3) is 1.66. The zero-order chi connectivity index (χ0) is 11.7. The Morgan fingerprint density at radius 1 is 1.35 bits per heavy atom. The van der Waals surface area contributed by atoms with Crippen LogP contribution in [-0.2, 0) is 0 Å². The van der Waals surface area contributed by atoms with Gasteiger partial charge in [-0.15, -0.1) is 0 Å². The smallest absolute Gasteiger partial charge is 0.111 e. The monoisotopic (exact) mass is 222 g/mol. The molecule has 0 radical (unpaired) electrons. The van der Waals surface area contributed by atoms with Crippen molar-refractivity contribution in [2.24, 2.45) is 9.98 Å². The second-order valence-electron chi connectivity index (χ2n) is 4.16. The first-order chi connectivity index (χ1) is 8.40. The molecular weight excluding hydrogens is 208 g/mol. The van der Waals surface area contributed by atoms with Crippen LogP contribution < -0.4 is 0 Å². The van der Waals surface area contributed by atoms with E-state index in [1.807, 2.05) is 12.3 Å². The molecule has 1 unspecified atom stereocenters. The molecule has 2 aliphatic rings. The van der Waals surface area contributed by atoms with Crippen molar-refractivity contribution in [3.63, 3.8) is 0 Å². The average molecular weight is 222 g/mol. The van der Waals surface area contributed by atoms with Gasteiger partial charge in [-0.05, 0) is 18.7 Å². The number of fused-ring (bicyclic) bond motifs is 3. The van der Waals surface area contributed by atoms with Crippen molar-refractivity contribution in [2.75, 3.05) is 0 Å². The van der Waals surface area contributed by atoms with E-state index in [9.17, 15) is 0 Å². The lowest BCUT2D eigenvalue weighted by atomic mass is 9.94. The van der Waals surface area contributed by atoms with E-state index in [0.717, 1.165) is 17.8 Å². The van der Waals surface area contributed by atoms with Gasteiger partial charge >= 0.3 is 0 Å². The summed E-state index contributed by atoms with van der Waals surface area (Å²) in [6.45, 7) is 2.10. The number of benzene rings is 1. The fourth-order valence-electron chi connectivity index (χ4n) is 2.21. The van der Waals surface area contributed by atoms with E-state index >= 15 is 0 Å². The molecule has 0 spiro atoms. The number of hydrogen-bond donors (Lipinski definition) is 0. The maximum atomic E-state index is 4.69. The summed E-state index contributed by atoms with van der Waals surface area (Å²) >= 11 is 0. The van der Waals surface area contributed by atoms with E-state index < -0.39 is 0 Å². The molecule has 0 bridgehead atoms. The van der Waals surface area contributed by atoms with Gasteiger partial charge in [0.2, 0.25) is 0 Å². The molecule has 3 rings (SSSR count). The number of aliphatic imine (C=N–C) groups is 2. The largest absolute Gasteiger partial charge is 0.284 e. The first-order valence-corrected chi connectivity index (χ1v) is 5.98. The van der Waals surface area contributed by atoms with Crippen LogP contribution in [-0.4, -0.2) is 18.0 Å². The molecule has 0 saturated heterocycles. The van der Waals surface area contributed by atoms with Gasteiger partial charge in [0, 0.05) is 11.1 Å². The van der Waals surface area contributed by atoms with Crippen molar-refractivity contribution >= 4 is 23.2 Å². The van der Waals surface area contributed by atoms with E-state index in [1.54, 1.807) is 0 Å². The third-order valence-corrected chi connectivity index (χ3v) is 3.00. The number of rotatable bonds is 2. The predicted molar refractivity (Wildman–Crippen MR) is 73.2 cm³/mol. The van der Waals surface area contributed by atoms with Crippen molar-refractivity contribution in [1.29, 1.82) is 0 Å². The number of para-hydroxylation sites is 1. The SMILES string of the molecule is CCC=NC1C=CC=C2C1=Nc1ccccc12. The lowest BCUT2D eigenvalue weighted by molar-refractivity contribution is 1.08. The fourth-order valence-corrected chi connectivity index (χ4v) is 2.21. The lowest BCUT2D eigenvalue weighted by Gasteiger charge is -2.13. The molecular formula is C15H14N2. The molecule has 1 aromatic rings. The van der Waals surface area contributed by atoms with Crippen LogP contribution in [0, 0.1) is 0 Å². The number of nitrogens with zero attached hydrogens (tertiary/aromatic N) is 2. The summed E-state index contributed by atoms with van der Waals surface area (Å²) in [4.78, 5) is 9.24. The van der Waals surface area contributed by atoms with Crippen molar-refractivity contribution in [3.05, 3.63) is 48.1 Å².